The van der Waals surface area contributed by atoms with Gasteiger partial charge < -0.3 is 9.80 Å². The molecule has 5 nitrogen and oxygen atoms in total. The number of carbonyl (C=O) groups is 1. The fourth-order valence-corrected chi connectivity index (χ4v) is 3.77. The number of sulfone groups is 1. The molecule has 0 bridgehead atoms. The molecule has 1 saturated heterocycles. The summed E-state index contributed by atoms with van der Waals surface area (Å²) in [5, 5.41) is 0. The third-order valence-corrected chi connectivity index (χ3v) is 5.77. The SMILES string of the molecule is Cc1ccc(S(=O)(=O)CCC(=O)N2CCCN(C)CC2)cc1. The molecule has 1 aromatic rings. The lowest BCUT2D eigenvalue weighted by Crippen LogP contribution is -2.35. The van der Waals surface area contributed by atoms with Crippen molar-refractivity contribution in [3.63, 3.8) is 0 Å². The van der Waals surface area contributed by atoms with Crippen molar-refractivity contribution in [1.82, 2.24) is 9.80 Å². The molecule has 0 spiro atoms. The molecule has 122 valence electrons. The molecule has 1 amide bonds. The zero-order chi connectivity index (χ0) is 16.2. The lowest BCUT2D eigenvalue weighted by atomic mass is 10.2. The Labute approximate surface area is 132 Å². The summed E-state index contributed by atoms with van der Waals surface area (Å²) < 4.78 is 24.5. The molecule has 1 aliphatic rings. The van der Waals surface area contributed by atoms with E-state index in [0.717, 1.165) is 25.1 Å². The first-order valence-electron chi connectivity index (χ1n) is 7.64. The van der Waals surface area contributed by atoms with Crippen molar-refractivity contribution in [3.8, 4) is 0 Å². The fraction of sp³-hybridized carbons (Fsp3) is 0.562. The Balaban J connectivity index is 1.93. The topological polar surface area (TPSA) is 57.7 Å². The highest BCUT2D eigenvalue weighted by atomic mass is 32.2. The Kier molecular flexibility index (Phi) is 5.58. The minimum atomic E-state index is -3.39. The summed E-state index contributed by atoms with van der Waals surface area (Å²) in [5.74, 6) is -0.188. The summed E-state index contributed by atoms with van der Waals surface area (Å²) in [7, 11) is -1.35. The fourth-order valence-electron chi connectivity index (χ4n) is 2.54. The van der Waals surface area contributed by atoms with Gasteiger partial charge in [0.1, 0.15) is 0 Å². The van der Waals surface area contributed by atoms with Crippen LogP contribution in [0.2, 0.25) is 0 Å². The summed E-state index contributed by atoms with van der Waals surface area (Å²) in [6.45, 7) is 5.13. The van der Waals surface area contributed by atoms with Crippen molar-refractivity contribution >= 4 is 15.7 Å². The second-order valence-electron chi connectivity index (χ2n) is 5.92. The number of hydrogen-bond donors (Lipinski definition) is 0. The standard InChI is InChI=1S/C16H24N2O3S/c1-14-4-6-15(7-5-14)22(20,21)13-8-16(19)18-10-3-9-17(2)11-12-18/h4-7H,3,8-13H2,1-2H3. The molecule has 0 atom stereocenters. The van der Waals surface area contributed by atoms with Crippen molar-refractivity contribution in [3.05, 3.63) is 29.8 Å². The highest BCUT2D eigenvalue weighted by molar-refractivity contribution is 7.91. The van der Waals surface area contributed by atoms with Crippen molar-refractivity contribution < 1.29 is 13.2 Å². The Bertz CT molecular complexity index is 611. The summed E-state index contributed by atoms with van der Waals surface area (Å²) in [4.78, 5) is 16.5. The highest BCUT2D eigenvalue weighted by Gasteiger charge is 2.21. The van der Waals surface area contributed by atoms with Gasteiger partial charge in [-0.15, -0.1) is 0 Å². The van der Waals surface area contributed by atoms with Gasteiger partial charge in [0.05, 0.1) is 10.6 Å². The van der Waals surface area contributed by atoms with Crippen LogP contribution in [0.4, 0.5) is 0 Å². The Morgan fingerprint density at radius 2 is 1.77 bits per heavy atom. The van der Waals surface area contributed by atoms with E-state index in [9.17, 15) is 13.2 Å². The van der Waals surface area contributed by atoms with Gasteiger partial charge in [-0.1, -0.05) is 17.7 Å². The van der Waals surface area contributed by atoms with Gasteiger partial charge in [0.25, 0.3) is 0 Å². The number of amides is 1. The normalized spacial score (nSPS) is 17.3. The van der Waals surface area contributed by atoms with E-state index in [-0.39, 0.29) is 18.1 Å². The molecule has 0 radical (unpaired) electrons. The first-order valence-corrected chi connectivity index (χ1v) is 9.29. The molecule has 1 fully saturated rings. The monoisotopic (exact) mass is 324 g/mol. The molecule has 0 aromatic heterocycles. The van der Waals surface area contributed by atoms with E-state index in [1.165, 1.54) is 0 Å². The molecule has 1 aromatic carbocycles. The van der Waals surface area contributed by atoms with Crippen molar-refractivity contribution in [2.24, 2.45) is 0 Å². The third-order valence-electron chi connectivity index (χ3n) is 4.04. The molecule has 0 saturated carbocycles. The molecular formula is C16H24N2O3S. The highest BCUT2D eigenvalue weighted by Crippen LogP contribution is 2.14. The van der Waals surface area contributed by atoms with Gasteiger partial charge >= 0.3 is 0 Å². The third kappa shape index (κ3) is 4.55. The van der Waals surface area contributed by atoms with Gasteiger partial charge in [0, 0.05) is 26.1 Å². The number of carbonyl (C=O) groups excluding carboxylic acids is 1. The van der Waals surface area contributed by atoms with Crippen LogP contribution < -0.4 is 0 Å². The Hall–Kier alpha value is -1.40. The van der Waals surface area contributed by atoms with Gasteiger partial charge in [-0.3, -0.25) is 4.79 Å². The zero-order valence-corrected chi connectivity index (χ0v) is 14.1. The first-order chi connectivity index (χ1) is 10.4. The van der Waals surface area contributed by atoms with Gasteiger partial charge in [-0.05, 0) is 39.1 Å². The lowest BCUT2D eigenvalue weighted by Gasteiger charge is -2.20. The molecule has 0 unspecified atom stereocenters. The Morgan fingerprint density at radius 3 is 2.45 bits per heavy atom. The second kappa shape index (κ2) is 7.24. The molecule has 0 aliphatic carbocycles. The minimum absolute atomic E-state index is 0.0555. The molecular weight excluding hydrogens is 300 g/mol. The van der Waals surface area contributed by atoms with Crippen LogP contribution in [-0.4, -0.2) is 63.1 Å². The average Bonchev–Trinajstić information content (AvgIpc) is 2.70. The lowest BCUT2D eigenvalue weighted by molar-refractivity contribution is -0.130. The van der Waals surface area contributed by atoms with Gasteiger partial charge in [0.2, 0.25) is 5.91 Å². The quantitative estimate of drug-likeness (QED) is 0.838. The second-order valence-corrected chi connectivity index (χ2v) is 8.03. The van der Waals surface area contributed by atoms with E-state index in [1.807, 2.05) is 14.0 Å². The summed E-state index contributed by atoms with van der Waals surface area (Å²) in [6, 6.07) is 6.77. The molecule has 2 rings (SSSR count). The maximum absolute atomic E-state index is 12.3. The predicted octanol–water partition coefficient (Wildman–Crippen LogP) is 1.32. The molecule has 1 aliphatic heterocycles. The van der Waals surface area contributed by atoms with Crippen LogP contribution >= 0.6 is 0 Å². The number of aryl methyl sites for hydroxylation is 1. The van der Waals surface area contributed by atoms with Crippen molar-refractivity contribution in [1.29, 1.82) is 0 Å². The zero-order valence-electron chi connectivity index (χ0n) is 13.3. The van der Waals surface area contributed by atoms with Crippen LogP contribution in [0, 0.1) is 6.92 Å². The first kappa shape index (κ1) is 17.0. The molecule has 6 heteroatoms. The smallest absolute Gasteiger partial charge is 0.223 e. The number of nitrogens with zero attached hydrogens (tertiary/aromatic N) is 2. The van der Waals surface area contributed by atoms with E-state index >= 15 is 0 Å². The Morgan fingerprint density at radius 1 is 1.09 bits per heavy atom. The molecule has 22 heavy (non-hydrogen) atoms. The summed E-state index contributed by atoms with van der Waals surface area (Å²) in [5.41, 5.74) is 1.02. The molecule has 1 heterocycles. The van der Waals surface area contributed by atoms with Crippen molar-refractivity contribution in [2.75, 3.05) is 39.0 Å². The number of rotatable bonds is 4. The van der Waals surface area contributed by atoms with E-state index in [4.69, 9.17) is 0 Å². The van der Waals surface area contributed by atoms with E-state index in [0.29, 0.717) is 18.0 Å². The van der Waals surface area contributed by atoms with Crippen LogP contribution in [0.1, 0.15) is 18.4 Å². The maximum atomic E-state index is 12.3. The predicted molar refractivity (Wildman–Crippen MR) is 86.5 cm³/mol. The maximum Gasteiger partial charge on any atom is 0.223 e. The van der Waals surface area contributed by atoms with E-state index < -0.39 is 9.84 Å². The van der Waals surface area contributed by atoms with Gasteiger partial charge in [-0.25, -0.2) is 8.42 Å². The minimum Gasteiger partial charge on any atom is -0.341 e. The van der Waals surface area contributed by atoms with Crippen molar-refractivity contribution in [2.45, 2.75) is 24.7 Å². The van der Waals surface area contributed by atoms with Gasteiger partial charge in [-0.2, -0.15) is 0 Å². The average molecular weight is 324 g/mol. The van der Waals surface area contributed by atoms with Crippen LogP contribution in [0.5, 0.6) is 0 Å². The number of hydrogen-bond acceptors (Lipinski definition) is 4. The van der Waals surface area contributed by atoms with Crippen LogP contribution in [-0.2, 0) is 14.6 Å². The van der Waals surface area contributed by atoms with Crippen LogP contribution in [0.25, 0.3) is 0 Å². The summed E-state index contributed by atoms with van der Waals surface area (Å²) in [6.07, 6.45) is 0.993. The number of likely N-dealkylation sites (N-methyl/N-ethyl adjacent to an activating group) is 1. The summed E-state index contributed by atoms with van der Waals surface area (Å²) >= 11 is 0. The molecule has 0 N–H and O–H groups in total. The number of benzene rings is 1. The van der Waals surface area contributed by atoms with Gasteiger partial charge in [0.15, 0.2) is 9.84 Å². The van der Waals surface area contributed by atoms with Crippen LogP contribution in [0.15, 0.2) is 29.2 Å². The largest absolute Gasteiger partial charge is 0.341 e. The van der Waals surface area contributed by atoms with E-state index in [1.54, 1.807) is 29.2 Å². The van der Waals surface area contributed by atoms with Crippen LogP contribution in [0.3, 0.4) is 0 Å². The van der Waals surface area contributed by atoms with E-state index in [2.05, 4.69) is 4.90 Å².